The van der Waals surface area contributed by atoms with Crippen molar-refractivity contribution in [2.24, 2.45) is 5.10 Å². The first kappa shape index (κ1) is 25.3. The van der Waals surface area contributed by atoms with E-state index in [4.69, 9.17) is 9.47 Å². The van der Waals surface area contributed by atoms with Crippen molar-refractivity contribution in [3.63, 3.8) is 0 Å². The molecule has 13 heteroatoms. The lowest BCUT2D eigenvalue weighted by atomic mass is 10.2. The molecular weight excluding hydrogens is 474 g/mol. The van der Waals surface area contributed by atoms with Crippen molar-refractivity contribution in [3.8, 4) is 17.2 Å². The fourth-order valence-corrected chi connectivity index (χ4v) is 2.80. The normalized spacial score (nSPS) is 10.5. The van der Waals surface area contributed by atoms with Gasteiger partial charge in [-0.3, -0.25) is 29.8 Å². The Labute approximate surface area is 203 Å². The molecule has 184 valence electrons. The summed E-state index contributed by atoms with van der Waals surface area (Å²) in [4.78, 5) is 44.5. The van der Waals surface area contributed by atoms with Gasteiger partial charge < -0.3 is 14.8 Å². The first-order valence-electron chi connectivity index (χ1n) is 10.3. The smallest absolute Gasteiger partial charge is 0.329 e. The summed E-state index contributed by atoms with van der Waals surface area (Å²) in [6.45, 7) is 2.35. The van der Waals surface area contributed by atoms with E-state index in [1.165, 1.54) is 18.3 Å². The van der Waals surface area contributed by atoms with E-state index >= 15 is 0 Å². The SMILES string of the molecule is CCOc1ccc(NC(=O)C(=O)N/N=C/c2ccc(Oc3ccc([N+](=O)[O-])cc3[N+](=O)[O-])cc2)cc1. The number of benzene rings is 3. The van der Waals surface area contributed by atoms with Crippen LogP contribution in [0.15, 0.2) is 71.8 Å². The third kappa shape index (κ3) is 6.84. The molecule has 0 heterocycles. The van der Waals surface area contributed by atoms with E-state index in [0.29, 0.717) is 23.6 Å². The highest BCUT2D eigenvalue weighted by atomic mass is 16.6. The molecular formula is C23H19N5O8. The van der Waals surface area contributed by atoms with E-state index in [9.17, 15) is 29.8 Å². The molecule has 0 atom stereocenters. The summed E-state index contributed by atoms with van der Waals surface area (Å²) in [6, 6.07) is 15.6. The molecule has 3 aromatic rings. The van der Waals surface area contributed by atoms with Gasteiger partial charge in [-0.1, -0.05) is 0 Å². The molecule has 0 fully saturated rings. The number of non-ortho nitro benzene ring substituents is 1. The van der Waals surface area contributed by atoms with E-state index in [2.05, 4.69) is 15.8 Å². The summed E-state index contributed by atoms with van der Waals surface area (Å²) in [5.41, 5.74) is 2.04. The Morgan fingerprint density at radius 3 is 2.19 bits per heavy atom. The average Bonchev–Trinajstić information content (AvgIpc) is 2.86. The minimum absolute atomic E-state index is 0.169. The lowest BCUT2D eigenvalue weighted by Gasteiger charge is -2.07. The van der Waals surface area contributed by atoms with Crippen molar-refractivity contribution in [1.29, 1.82) is 0 Å². The summed E-state index contributed by atoms with van der Waals surface area (Å²) in [5.74, 6) is -1.21. The summed E-state index contributed by atoms with van der Waals surface area (Å²) in [5, 5.41) is 28.2. The van der Waals surface area contributed by atoms with E-state index < -0.39 is 33.0 Å². The number of hydrogen-bond acceptors (Lipinski definition) is 9. The number of carbonyl (C=O) groups is 2. The second-order valence-electron chi connectivity index (χ2n) is 6.95. The largest absolute Gasteiger partial charge is 0.494 e. The zero-order valence-corrected chi connectivity index (χ0v) is 18.7. The Kier molecular flexibility index (Phi) is 8.22. The van der Waals surface area contributed by atoms with Crippen LogP contribution in [-0.4, -0.2) is 34.5 Å². The minimum atomic E-state index is -0.981. The lowest BCUT2D eigenvalue weighted by molar-refractivity contribution is -0.394. The van der Waals surface area contributed by atoms with Crippen LogP contribution in [0.25, 0.3) is 0 Å². The topological polar surface area (TPSA) is 175 Å². The van der Waals surface area contributed by atoms with Crippen LogP contribution in [0.5, 0.6) is 17.2 Å². The number of rotatable bonds is 9. The summed E-state index contributed by atoms with van der Waals surface area (Å²) < 4.78 is 10.8. The number of nitro groups is 2. The van der Waals surface area contributed by atoms with Crippen LogP contribution >= 0.6 is 0 Å². The minimum Gasteiger partial charge on any atom is -0.494 e. The maximum Gasteiger partial charge on any atom is 0.329 e. The van der Waals surface area contributed by atoms with Crippen molar-refractivity contribution in [2.45, 2.75) is 6.92 Å². The van der Waals surface area contributed by atoms with Gasteiger partial charge in [0.25, 0.3) is 5.69 Å². The standard InChI is InChI=1S/C23H19N5O8/c1-2-35-18-10-5-16(6-11-18)25-22(29)23(30)26-24-14-15-3-8-19(9-4-15)36-21-12-7-17(27(31)32)13-20(21)28(33)34/h3-14H,2H2,1H3,(H,25,29)(H,26,30)/b24-14+. The highest BCUT2D eigenvalue weighted by Crippen LogP contribution is 2.34. The summed E-state index contributed by atoms with van der Waals surface area (Å²) >= 11 is 0. The first-order valence-corrected chi connectivity index (χ1v) is 10.3. The molecule has 0 saturated heterocycles. The Morgan fingerprint density at radius 1 is 0.917 bits per heavy atom. The predicted octanol–water partition coefficient (Wildman–Crippen LogP) is 3.78. The predicted molar refractivity (Wildman–Crippen MR) is 128 cm³/mol. The van der Waals surface area contributed by atoms with Crippen LogP contribution in [0.3, 0.4) is 0 Å². The van der Waals surface area contributed by atoms with Crippen molar-refractivity contribution in [1.82, 2.24) is 5.43 Å². The van der Waals surface area contributed by atoms with Crippen LogP contribution in [-0.2, 0) is 9.59 Å². The number of nitrogens with one attached hydrogen (secondary N) is 2. The van der Waals surface area contributed by atoms with Gasteiger partial charge in [0, 0.05) is 11.8 Å². The van der Waals surface area contributed by atoms with E-state index in [0.717, 1.165) is 18.2 Å². The van der Waals surface area contributed by atoms with Gasteiger partial charge in [0.1, 0.15) is 11.5 Å². The van der Waals surface area contributed by atoms with Crippen molar-refractivity contribution < 1.29 is 28.9 Å². The fraction of sp³-hybridized carbons (Fsp3) is 0.0870. The van der Waals surface area contributed by atoms with Crippen LogP contribution in [0.4, 0.5) is 17.1 Å². The van der Waals surface area contributed by atoms with Gasteiger partial charge >= 0.3 is 17.5 Å². The Hall–Kier alpha value is -5.33. The molecule has 0 aliphatic carbocycles. The average molecular weight is 493 g/mol. The highest BCUT2D eigenvalue weighted by molar-refractivity contribution is 6.39. The van der Waals surface area contributed by atoms with Gasteiger partial charge in [0.15, 0.2) is 0 Å². The van der Waals surface area contributed by atoms with Crippen LogP contribution in [0.1, 0.15) is 12.5 Å². The van der Waals surface area contributed by atoms with E-state index in [1.54, 1.807) is 36.4 Å². The number of nitrogens with zero attached hydrogens (tertiary/aromatic N) is 3. The van der Waals surface area contributed by atoms with Crippen molar-refractivity contribution in [3.05, 3.63) is 92.5 Å². The molecule has 3 rings (SSSR count). The number of nitro benzene ring substituents is 2. The molecule has 0 aliphatic rings. The number of hydrazone groups is 1. The monoisotopic (exact) mass is 493 g/mol. The zero-order chi connectivity index (χ0) is 26.1. The second kappa shape index (κ2) is 11.7. The summed E-state index contributed by atoms with van der Waals surface area (Å²) in [7, 11) is 0. The Bertz CT molecular complexity index is 1310. The van der Waals surface area contributed by atoms with Crippen molar-refractivity contribution >= 4 is 35.1 Å². The van der Waals surface area contributed by atoms with Gasteiger partial charge in [-0.15, -0.1) is 0 Å². The second-order valence-corrected chi connectivity index (χ2v) is 6.95. The van der Waals surface area contributed by atoms with E-state index in [-0.39, 0.29) is 11.5 Å². The molecule has 13 nitrogen and oxygen atoms in total. The zero-order valence-electron chi connectivity index (χ0n) is 18.7. The maximum absolute atomic E-state index is 12.0. The molecule has 0 radical (unpaired) electrons. The fourth-order valence-electron chi connectivity index (χ4n) is 2.80. The van der Waals surface area contributed by atoms with Crippen LogP contribution in [0.2, 0.25) is 0 Å². The molecule has 0 unspecified atom stereocenters. The number of hydrogen-bond donors (Lipinski definition) is 2. The molecule has 0 spiro atoms. The van der Waals surface area contributed by atoms with E-state index in [1.807, 2.05) is 6.92 Å². The van der Waals surface area contributed by atoms with Gasteiger partial charge in [-0.2, -0.15) is 5.10 Å². The number of amides is 2. The molecule has 0 aliphatic heterocycles. The molecule has 2 amide bonds. The Morgan fingerprint density at radius 2 is 1.58 bits per heavy atom. The quantitative estimate of drug-likeness (QED) is 0.196. The van der Waals surface area contributed by atoms with Gasteiger partial charge in [0.05, 0.1) is 28.7 Å². The van der Waals surface area contributed by atoms with Crippen LogP contribution < -0.4 is 20.2 Å². The maximum atomic E-state index is 12.0. The number of carbonyl (C=O) groups excluding carboxylic acids is 2. The molecule has 3 aromatic carbocycles. The molecule has 0 bridgehead atoms. The lowest BCUT2D eigenvalue weighted by Crippen LogP contribution is -2.32. The number of anilines is 1. The van der Waals surface area contributed by atoms with Gasteiger partial charge in [-0.05, 0) is 67.1 Å². The molecule has 2 N–H and O–H groups in total. The van der Waals surface area contributed by atoms with Crippen molar-refractivity contribution in [2.75, 3.05) is 11.9 Å². The molecule has 0 saturated carbocycles. The van der Waals surface area contributed by atoms with Crippen LogP contribution in [0, 0.1) is 20.2 Å². The summed E-state index contributed by atoms with van der Waals surface area (Å²) in [6.07, 6.45) is 1.28. The van der Waals surface area contributed by atoms with Gasteiger partial charge in [0.2, 0.25) is 5.75 Å². The Balaban J connectivity index is 1.56. The molecule has 0 aromatic heterocycles. The third-order valence-electron chi connectivity index (χ3n) is 4.47. The molecule has 36 heavy (non-hydrogen) atoms. The van der Waals surface area contributed by atoms with Gasteiger partial charge in [-0.25, -0.2) is 5.43 Å². The highest BCUT2D eigenvalue weighted by Gasteiger charge is 2.21. The first-order chi connectivity index (χ1) is 17.3. The number of ether oxygens (including phenoxy) is 2. The third-order valence-corrected chi connectivity index (χ3v) is 4.47.